The van der Waals surface area contributed by atoms with E-state index in [1.54, 1.807) is 4.90 Å². The molecule has 0 fully saturated rings. The number of nitrogens with one attached hydrogen (secondary N) is 1. The van der Waals surface area contributed by atoms with Crippen molar-refractivity contribution in [3.63, 3.8) is 0 Å². The molecule has 0 aliphatic carbocycles. The molecule has 0 radical (unpaired) electrons. The molecule has 0 aromatic heterocycles. The van der Waals surface area contributed by atoms with Crippen LogP contribution in [0.3, 0.4) is 0 Å². The van der Waals surface area contributed by atoms with E-state index in [4.69, 9.17) is 0 Å². The zero-order valence-electron chi connectivity index (χ0n) is 19.8. The minimum atomic E-state index is -0.507. The van der Waals surface area contributed by atoms with Crippen LogP contribution in [0, 0.1) is 6.92 Å². The lowest BCUT2D eigenvalue weighted by Gasteiger charge is -2.29. The van der Waals surface area contributed by atoms with Crippen LogP contribution < -0.4 is 5.32 Å². The number of amides is 2. The Morgan fingerprint density at radius 1 is 1.00 bits per heavy atom. The molecule has 1 N–H and O–H groups in total. The molecule has 0 aliphatic heterocycles. The van der Waals surface area contributed by atoms with Gasteiger partial charge in [0.15, 0.2) is 0 Å². The highest BCUT2D eigenvalue weighted by atomic mass is 16.2. The van der Waals surface area contributed by atoms with Gasteiger partial charge in [-0.05, 0) is 54.9 Å². The van der Waals surface area contributed by atoms with Gasteiger partial charge in [-0.2, -0.15) is 0 Å². The highest BCUT2D eigenvalue weighted by molar-refractivity contribution is 5.87. The predicted octanol–water partition coefficient (Wildman–Crippen LogP) is 5.38. The largest absolute Gasteiger partial charge is 0.354 e. The molecule has 31 heavy (non-hydrogen) atoms. The first-order valence-corrected chi connectivity index (χ1v) is 11.5. The lowest BCUT2D eigenvalue weighted by atomic mass is 10.00. The van der Waals surface area contributed by atoms with E-state index in [9.17, 15) is 9.59 Å². The van der Waals surface area contributed by atoms with Crippen molar-refractivity contribution in [1.29, 1.82) is 0 Å². The van der Waals surface area contributed by atoms with E-state index in [0.29, 0.717) is 31.8 Å². The topological polar surface area (TPSA) is 49.4 Å². The van der Waals surface area contributed by atoms with Crippen LogP contribution in [0.4, 0.5) is 0 Å². The molecule has 2 rings (SSSR count). The second kappa shape index (κ2) is 12.3. The fourth-order valence-electron chi connectivity index (χ4n) is 3.55. The SMILES string of the molecule is CCCCNC(=O)[C@@H](C)N(Cc1ccccc1C)C(=O)CCc1ccc(C(C)C)cc1. The zero-order valence-corrected chi connectivity index (χ0v) is 19.8. The highest BCUT2D eigenvalue weighted by Crippen LogP contribution is 2.18. The molecular weight excluding hydrogens is 384 g/mol. The van der Waals surface area contributed by atoms with Crippen molar-refractivity contribution in [3.05, 3.63) is 70.8 Å². The average molecular weight is 423 g/mol. The van der Waals surface area contributed by atoms with Crippen molar-refractivity contribution in [1.82, 2.24) is 10.2 Å². The first kappa shape index (κ1) is 24.6. The lowest BCUT2D eigenvalue weighted by molar-refractivity contribution is -0.140. The van der Waals surface area contributed by atoms with E-state index >= 15 is 0 Å². The van der Waals surface area contributed by atoms with E-state index < -0.39 is 6.04 Å². The summed E-state index contributed by atoms with van der Waals surface area (Å²) in [5.74, 6) is 0.415. The molecule has 0 unspecified atom stereocenters. The fraction of sp³-hybridized carbons (Fsp3) is 0.481. The van der Waals surface area contributed by atoms with Gasteiger partial charge in [-0.15, -0.1) is 0 Å². The molecule has 4 heteroatoms. The van der Waals surface area contributed by atoms with E-state index in [1.165, 1.54) is 5.56 Å². The number of hydrogen-bond acceptors (Lipinski definition) is 2. The molecule has 2 amide bonds. The second-order valence-electron chi connectivity index (χ2n) is 8.66. The smallest absolute Gasteiger partial charge is 0.242 e. The molecule has 2 aromatic rings. The molecule has 0 spiro atoms. The number of rotatable bonds is 11. The van der Waals surface area contributed by atoms with Gasteiger partial charge in [-0.1, -0.05) is 75.7 Å². The Balaban J connectivity index is 2.11. The summed E-state index contributed by atoms with van der Waals surface area (Å²) in [4.78, 5) is 27.7. The van der Waals surface area contributed by atoms with E-state index in [2.05, 4.69) is 50.4 Å². The number of carbonyl (C=O) groups is 2. The third-order valence-electron chi connectivity index (χ3n) is 5.87. The summed E-state index contributed by atoms with van der Waals surface area (Å²) in [6, 6.07) is 16.0. The molecule has 0 heterocycles. The van der Waals surface area contributed by atoms with Crippen molar-refractivity contribution in [3.8, 4) is 0 Å². The maximum Gasteiger partial charge on any atom is 0.242 e. The fourth-order valence-corrected chi connectivity index (χ4v) is 3.55. The Labute approximate surface area is 188 Å². The van der Waals surface area contributed by atoms with Crippen LogP contribution in [-0.4, -0.2) is 29.3 Å². The number of carbonyl (C=O) groups excluding carboxylic acids is 2. The molecule has 4 nitrogen and oxygen atoms in total. The standard InChI is InChI=1S/C27H38N2O2/c1-6-7-18-28-27(31)22(5)29(19-25-11-9-8-10-21(25)4)26(30)17-14-23-12-15-24(16-13-23)20(2)3/h8-13,15-16,20,22H,6-7,14,17-19H2,1-5H3,(H,28,31)/t22-/m1/s1. The van der Waals surface area contributed by atoms with Crippen molar-refractivity contribution < 1.29 is 9.59 Å². The van der Waals surface area contributed by atoms with Gasteiger partial charge in [0, 0.05) is 19.5 Å². The van der Waals surface area contributed by atoms with Gasteiger partial charge in [0.05, 0.1) is 0 Å². The van der Waals surface area contributed by atoms with Crippen molar-refractivity contribution >= 4 is 11.8 Å². The summed E-state index contributed by atoms with van der Waals surface area (Å²) in [6.07, 6.45) is 3.03. The van der Waals surface area contributed by atoms with E-state index in [1.807, 2.05) is 38.1 Å². The minimum Gasteiger partial charge on any atom is -0.354 e. The maximum atomic E-state index is 13.2. The van der Waals surface area contributed by atoms with Crippen LogP contribution in [0.2, 0.25) is 0 Å². The van der Waals surface area contributed by atoms with E-state index in [-0.39, 0.29) is 11.8 Å². The molecule has 2 aromatic carbocycles. The predicted molar refractivity (Wildman–Crippen MR) is 128 cm³/mol. The van der Waals surface area contributed by atoms with Gasteiger partial charge in [-0.25, -0.2) is 0 Å². The second-order valence-corrected chi connectivity index (χ2v) is 8.66. The quantitative estimate of drug-likeness (QED) is 0.494. The lowest BCUT2D eigenvalue weighted by Crippen LogP contribution is -2.48. The van der Waals surface area contributed by atoms with Gasteiger partial charge in [0.25, 0.3) is 0 Å². The monoisotopic (exact) mass is 422 g/mol. The summed E-state index contributed by atoms with van der Waals surface area (Å²) in [6.45, 7) is 11.4. The Kier molecular flexibility index (Phi) is 9.77. The molecule has 168 valence electrons. The van der Waals surface area contributed by atoms with Crippen LogP contribution in [0.5, 0.6) is 0 Å². The van der Waals surface area contributed by atoms with E-state index in [0.717, 1.165) is 29.5 Å². The normalized spacial score (nSPS) is 11.9. The van der Waals surface area contributed by atoms with Crippen molar-refractivity contribution in [2.45, 2.75) is 78.8 Å². The van der Waals surface area contributed by atoms with Crippen LogP contribution in [0.1, 0.15) is 75.1 Å². The zero-order chi connectivity index (χ0) is 22.8. The number of unbranched alkanes of at least 4 members (excludes halogenated alkanes) is 1. The number of hydrogen-bond donors (Lipinski definition) is 1. The highest BCUT2D eigenvalue weighted by Gasteiger charge is 2.26. The summed E-state index contributed by atoms with van der Waals surface area (Å²) < 4.78 is 0. The van der Waals surface area contributed by atoms with Crippen molar-refractivity contribution in [2.75, 3.05) is 6.54 Å². The van der Waals surface area contributed by atoms with Gasteiger partial charge >= 0.3 is 0 Å². The summed E-state index contributed by atoms with van der Waals surface area (Å²) in [5, 5.41) is 2.98. The van der Waals surface area contributed by atoms with Crippen molar-refractivity contribution in [2.24, 2.45) is 0 Å². The number of benzene rings is 2. The minimum absolute atomic E-state index is 0.00864. The van der Waals surface area contributed by atoms with Crippen LogP contribution in [0.15, 0.2) is 48.5 Å². The molecule has 0 aliphatic rings. The summed E-state index contributed by atoms with van der Waals surface area (Å²) in [5.41, 5.74) is 4.65. The summed E-state index contributed by atoms with van der Waals surface area (Å²) in [7, 11) is 0. The van der Waals surface area contributed by atoms with Gasteiger partial charge in [0.1, 0.15) is 6.04 Å². The number of nitrogens with zero attached hydrogens (tertiary/aromatic N) is 1. The first-order valence-electron chi connectivity index (χ1n) is 11.5. The van der Waals surface area contributed by atoms with Gasteiger partial charge in [-0.3, -0.25) is 9.59 Å². The van der Waals surface area contributed by atoms with Crippen LogP contribution in [0.25, 0.3) is 0 Å². The molecular formula is C27H38N2O2. The molecule has 0 saturated carbocycles. The Morgan fingerprint density at radius 3 is 2.29 bits per heavy atom. The average Bonchev–Trinajstić information content (AvgIpc) is 2.76. The van der Waals surface area contributed by atoms with Crippen LogP contribution >= 0.6 is 0 Å². The van der Waals surface area contributed by atoms with Gasteiger partial charge < -0.3 is 10.2 Å². The third kappa shape index (κ3) is 7.54. The summed E-state index contributed by atoms with van der Waals surface area (Å²) >= 11 is 0. The van der Waals surface area contributed by atoms with Gasteiger partial charge in [0.2, 0.25) is 11.8 Å². The third-order valence-corrected chi connectivity index (χ3v) is 5.87. The molecule has 0 saturated heterocycles. The Hall–Kier alpha value is -2.62. The molecule has 1 atom stereocenters. The Bertz CT molecular complexity index is 843. The number of aryl methyl sites for hydroxylation is 2. The Morgan fingerprint density at radius 2 is 1.68 bits per heavy atom. The van der Waals surface area contributed by atoms with Crippen LogP contribution in [-0.2, 0) is 22.6 Å². The molecule has 0 bridgehead atoms. The first-order chi connectivity index (χ1) is 14.8. The maximum absolute atomic E-state index is 13.2.